The second-order valence-electron chi connectivity index (χ2n) is 4.59. The number of hydrogen-bond donors (Lipinski definition) is 2. The molecule has 21 heavy (non-hydrogen) atoms. The number of sulfonamides is 1. The molecule has 1 aromatic heterocycles. The topological polar surface area (TPSA) is 76.0 Å². The van der Waals surface area contributed by atoms with E-state index in [1.54, 1.807) is 31.0 Å². The first-order chi connectivity index (χ1) is 9.92. The van der Waals surface area contributed by atoms with Crippen molar-refractivity contribution >= 4 is 10.0 Å². The van der Waals surface area contributed by atoms with Crippen molar-refractivity contribution in [3.05, 3.63) is 47.5 Å². The third-order valence-electron chi connectivity index (χ3n) is 2.90. The van der Waals surface area contributed by atoms with Crippen LogP contribution in [-0.4, -0.2) is 25.2 Å². The first kappa shape index (κ1) is 15.6. The van der Waals surface area contributed by atoms with Crippen molar-refractivity contribution in [3.63, 3.8) is 0 Å². The van der Waals surface area contributed by atoms with Gasteiger partial charge in [-0.05, 0) is 30.8 Å². The molecular weight excluding hydrogens is 295 g/mol. The molecule has 0 atom stereocenters. The molecule has 0 aliphatic carbocycles. The Balaban J connectivity index is 2.24. The summed E-state index contributed by atoms with van der Waals surface area (Å²) in [5.41, 5.74) is 1.10. The van der Waals surface area contributed by atoms with Gasteiger partial charge in [0.05, 0.1) is 17.1 Å². The minimum absolute atomic E-state index is 0.0542. The second kappa shape index (κ2) is 6.33. The highest BCUT2D eigenvalue weighted by atomic mass is 32.2. The van der Waals surface area contributed by atoms with E-state index in [1.807, 2.05) is 0 Å². The van der Waals surface area contributed by atoms with E-state index in [-0.39, 0.29) is 11.4 Å². The molecule has 0 saturated carbocycles. The molecule has 114 valence electrons. The summed E-state index contributed by atoms with van der Waals surface area (Å²) in [5, 5.41) is 6.95. The maximum absolute atomic E-state index is 13.4. The maximum Gasteiger partial charge on any atom is 0.241 e. The van der Waals surface area contributed by atoms with E-state index in [2.05, 4.69) is 15.1 Å². The number of nitrogens with zero attached hydrogens (tertiary/aromatic N) is 2. The van der Waals surface area contributed by atoms with Gasteiger partial charge in [0.25, 0.3) is 0 Å². The van der Waals surface area contributed by atoms with Crippen LogP contribution in [0.15, 0.2) is 35.4 Å². The van der Waals surface area contributed by atoms with Gasteiger partial charge in [-0.3, -0.25) is 4.68 Å². The van der Waals surface area contributed by atoms with E-state index in [4.69, 9.17) is 0 Å². The molecule has 1 aromatic carbocycles. The lowest BCUT2D eigenvalue weighted by molar-refractivity contribution is 0.573. The van der Waals surface area contributed by atoms with Gasteiger partial charge in [-0.2, -0.15) is 5.10 Å². The summed E-state index contributed by atoms with van der Waals surface area (Å²) in [6.45, 7) is 0.388. The van der Waals surface area contributed by atoms with Gasteiger partial charge in [-0.25, -0.2) is 17.5 Å². The Bertz CT molecular complexity index is 728. The fourth-order valence-corrected chi connectivity index (χ4v) is 3.17. The van der Waals surface area contributed by atoms with Crippen molar-refractivity contribution in [3.8, 4) is 0 Å². The maximum atomic E-state index is 13.4. The number of rotatable bonds is 6. The van der Waals surface area contributed by atoms with Crippen LogP contribution in [0, 0.1) is 5.82 Å². The van der Waals surface area contributed by atoms with Gasteiger partial charge in [0.1, 0.15) is 5.82 Å². The zero-order valence-corrected chi connectivity index (χ0v) is 12.6. The Hall–Kier alpha value is -1.77. The van der Waals surface area contributed by atoms with Crippen molar-refractivity contribution in [1.29, 1.82) is 0 Å². The van der Waals surface area contributed by atoms with Gasteiger partial charge in [0, 0.05) is 19.8 Å². The molecule has 0 amide bonds. The number of aryl methyl sites for hydroxylation is 1. The minimum atomic E-state index is -3.80. The normalized spacial score (nSPS) is 11.8. The SMILES string of the molecule is CNCc1ccc(F)cc1S(=O)(=O)NCc1ccn(C)n1. The third kappa shape index (κ3) is 3.87. The summed E-state index contributed by atoms with van der Waals surface area (Å²) in [4.78, 5) is -0.0622. The number of aromatic nitrogens is 2. The van der Waals surface area contributed by atoms with Crippen LogP contribution in [0.25, 0.3) is 0 Å². The van der Waals surface area contributed by atoms with Crippen LogP contribution in [0.2, 0.25) is 0 Å². The zero-order valence-electron chi connectivity index (χ0n) is 11.8. The molecular formula is C13H17FN4O2S. The highest BCUT2D eigenvalue weighted by molar-refractivity contribution is 7.89. The Labute approximate surface area is 123 Å². The average Bonchev–Trinajstić information content (AvgIpc) is 2.85. The first-order valence-electron chi connectivity index (χ1n) is 6.33. The van der Waals surface area contributed by atoms with Crippen molar-refractivity contribution in [2.24, 2.45) is 7.05 Å². The Morgan fingerprint density at radius 2 is 2.05 bits per heavy atom. The van der Waals surface area contributed by atoms with E-state index < -0.39 is 15.8 Å². The molecule has 2 N–H and O–H groups in total. The molecule has 0 unspecified atom stereocenters. The van der Waals surface area contributed by atoms with Gasteiger partial charge in [0.2, 0.25) is 10.0 Å². The van der Waals surface area contributed by atoms with E-state index >= 15 is 0 Å². The predicted octanol–water partition coefficient (Wildman–Crippen LogP) is 0.757. The van der Waals surface area contributed by atoms with Crippen molar-refractivity contribution < 1.29 is 12.8 Å². The highest BCUT2D eigenvalue weighted by Gasteiger charge is 2.19. The lowest BCUT2D eigenvalue weighted by atomic mass is 10.2. The van der Waals surface area contributed by atoms with E-state index in [9.17, 15) is 12.8 Å². The number of hydrogen-bond acceptors (Lipinski definition) is 4. The van der Waals surface area contributed by atoms with E-state index in [1.165, 1.54) is 12.1 Å². The monoisotopic (exact) mass is 312 g/mol. The zero-order chi connectivity index (χ0) is 15.5. The summed E-state index contributed by atoms with van der Waals surface area (Å²) in [6.07, 6.45) is 1.72. The quantitative estimate of drug-likeness (QED) is 0.825. The number of halogens is 1. The van der Waals surface area contributed by atoms with Crippen molar-refractivity contribution in [2.45, 2.75) is 18.0 Å². The molecule has 6 nitrogen and oxygen atoms in total. The number of benzene rings is 1. The third-order valence-corrected chi connectivity index (χ3v) is 4.38. The van der Waals surface area contributed by atoms with Gasteiger partial charge < -0.3 is 5.32 Å². The summed E-state index contributed by atoms with van der Waals surface area (Å²) >= 11 is 0. The summed E-state index contributed by atoms with van der Waals surface area (Å²) in [6, 6.07) is 5.43. The highest BCUT2D eigenvalue weighted by Crippen LogP contribution is 2.17. The van der Waals surface area contributed by atoms with Crippen LogP contribution >= 0.6 is 0 Å². The van der Waals surface area contributed by atoms with Crippen LogP contribution < -0.4 is 10.0 Å². The molecule has 8 heteroatoms. The molecule has 0 aliphatic heterocycles. The average molecular weight is 312 g/mol. The molecule has 2 aromatic rings. The van der Waals surface area contributed by atoms with Crippen LogP contribution in [0.3, 0.4) is 0 Å². The largest absolute Gasteiger partial charge is 0.316 e. The summed E-state index contributed by atoms with van der Waals surface area (Å²) in [7, 11) is -0.363. The fourth-order valence-electron chi connectivity index (χ4n) is 1.92. The molecule has 0 aliphatic rings. The minimum Gasteiger partial charge on any atom is -0.316 e. The van der Waals surface area contributed by atoms with Crippen LogP contribution in [0.5, 0.6) is 0 Å². The fraction of sp³-hybridized carbons (Fsp3) is 0.308. The predicted molar refractivity (Wildman–Crippen MR) is 76.4 cm³/mol. The lowest BCUT2D eigenvalue weighted by Crippen LogP contribution is -2.25. The van der Waals surface area contributed by atoms with Gasteiger partial charge in [-0.1, -0.05) is 6.07 Å². The Morgan fingerprint density at radius 3 is 2.67 bits per heavy atom. The summed E-state index contributed by atoms with van der Waals surface area (Å²) < 4.78 is 42.0. The smallest absolute Gasteiger partial charge is 0.241 e. The van der Waals surface area contributed by atoms with Gasteiger partial charge in [-0.15, -0.1) is 0 Å². The second-order valence-corrected chi connectivity index (χ2v) is 6.32. The van der Waals surface area contributed by atoms with Gasteiger partial charge >= 0.3 is 0 Å². The Morgan fingerprint density at radius 1 is 1.29 bits per heavy atom. The van der Waals surface area contributed by atoms with Crippen molar-refractivity contribution in [1.82, 2.24) is 19.8 Å². The molecule has 1 heterocycles. The molecule has 0 spiro atoms. The molecule has 0 saturated heterocycles. The number of nitrogens with one attached hydrogen (secondary N) is 2. The van der Waals surface area contributed by atoms with E-state index in [0.29, 0.717) is 17.8 Å². The lowest BCUT2D eigenvalue weighted by Gasteiger charge is -2.11. The molecule has 0 radical (unpaired) electrons. The first-order valence-corrected chi connectivity index (χ1v) is 7.82. The Kier molecular flexibility index (Phi) is 4.71. The van der Waals surface area contributed by atoms with Crippen LogP contribution in [0.4, 0.5) is 4.39 Å². The van der Waals surface area contributed by atoms with Gasteiger partial charge in [0.15, 0.2) is 0 Å². The standard InChI is InChI=1S/C13H17FN4O2S/c1-15-8-10-3-4-11(14)7-13(10)21(19,20)16-9-12-5-6-18(2)17-12/h3-7,15-16H,8-9H2,1-2H3. The van der Waals surface area contributed by atoms with Crippen LogP contribution in [0.1, 0.15) is 11.3 Å². The van der Waals surface area contributed by atoms with E-state index in [0.717, 1.165) is 6.07 Å². The molecule has 2 rings (SSSR count). The van der Waals surface area contributed by atoms with Crippen LogP contribution in [-0.2, 0) is 30.2 Å². The molecule has 0 bridgehead atoms. The molecule has 0 fully saturated rings. The summed E-state index contributed by atoms with van der Waals surface area (Å²) in [5.74, 6) is -0.590. The van der Waals surface area contributed by atoms with Crippen molar-refractivity contribution in [2.75, 3.05) is 7.05 Å².